The van der Waals surface area contributed by atoms with Crippen LogP contribution in [-0.4, -0.2) is 0 Å². The largest absolute Gasteiger partial charge is 2.00 e. The molecule has 0 spiro atoms. The van der Waals surface area contributed by atoms with Crippen molar-refractivity contribution in [2.75, 3.05) is 0 Å². The summed E-state index contributed by atoms with van der Waals surface area (Å²) in [6.45, 7) is 0. The predicted octanol–water partition coefficient (Wildman–Crippen LogP) is 6.04. The molecule has 0 aliphatic carbocycles. The molecule has 2 nitrogen and oxygen atoms in total. The second kappa shape index (κ2) is 8.35. The minimum Gasteiger partial charge on any atom is -0.699 e. The second-order valence-electron chi connectivity index (χ2n) is 2.99. The third kappa shape index (κ3) is 6.52. The van der Waals surface area contributed by atoms with Gasteiger partial charge in [-0.2, -0.15) is 0 Å². The van der Waals surface area contributed by atoms with Crippen LogP contribution < -0.4 is 0 Å². The summed E-state index contributed by atoms with van der Waals surface area (Å²) in [5, 5.41) is 0.976. The third-order valence-corrected chi connectivity index (χ3v) is 2.27. The Morgan fingerprint density at radius 3 is 1.76 bits per heavy atom. The van der Waals surface area contributed by atoms with Crippen LogP contribution in [0.2, 0.25) is 10.0 Å². The van der Waals surface area contributed by atoms with Crippen LogP contribution in [0, 0.1) is 0 Å². The van der Waals surface area contributed by atoms with E-state index in [9.17, 15) is 0 Å². The fraction of sp³-hybridized carbons (Fsp3) is 0. The fourth-order valence-electron chi connectivity index (χ4n) is 0.936. The zero-order valence-corrected chi connectivity index (χ0v) is 13.6. The van der Waals surface area contributed by atoms with Crippen molar-refractivity contribution in [3.8, 4) is 0 Å². The van der Waals surface area contributed by atoms with Crippen molar-refractivity contribution in [3.05, 3.63) is 70.0 Å². The molecule has 2 N–H and O–H groups in total. The minimum atomic E-state index is 0. The predicted molar refractivity (Wildman–Crippen MR) is 70.9 cm³/mol. The summed E-state index contributed by atoms with van der Waals surface area (Å²) in [5.74, 6) is 0. The summed E-state index contributed by atoms with van der Waals surface area (Å²) in [4.78, 5) is 0. The van der Waals surface area contributed by atoms with Gasteiger partial charge >= 0.3 is 19.5 Å². The molecule has 0 aliphatic heterocycles. The number of hydrogen-bond donors (Lipinski definition) is 0. The van der Waals surface area contributed by atoms with Gasteiger partial charge < -0.3 is 11.5 Å². The van der Waals surface area contributed by atoms with E-state index >= 15 is 0 Å². The Bertz CT molecular complexity index is 450. The van der Waals surface area contributed by atoms with E-state index < -0.39 is 0 Å². The third-order valence-electron chi connectivity index (χ3n) is 1.70. The molecule has 17 heavy (non-hydrogen) atoms. The summed E-state index contributed by atoms with van der Waals surface area (Å²) >= 11 is 11.1. The molecule has 0 bridgehead atoms. The van der Waals surface area contributed by atoms with E-state index in [1.54, 1.807) is 24.3 Å². The Hall–Kier alpha value is -0.757. The van der Waals surface area contributed by atoms with Gasteiger partial charge in [-0.1, -0.05) is 59.6 Å². The van der Waals surface area contributed by atoms with Gasteiger partial charge in [0, 0.05) is 10.0 Å². The number of hydrogen-bond acceptors (Lipinski definition) is 0. The van der Waals surface area contributed by atoms with Gasteiger partial charge in [-0.15, -0.1) is 11.4 Å². The maximum absolute atomic E-state index is 7.14. The average Bonchev–Trinajstić information content (AvgIpc) is 2.26. The fourth-order valence-corrected chi connectivity index (χ4v) is 1.23. The first-order valence-corrected chi connectivity index (χ1v) is 5.28. The summed E-state index contributed by atoms with van der Waals surface area (Å²) in [5.41, 5.74) is 15.0. The minimum absolute atomic E-state index is 0. The topological polar surface area (TPSA) is 47.6 Å². The van der Waals surface area contributed by atoms with E-state index in [2.05, 4.69) is 0 Å². The summed E-state index contributed by atoms with van der Waals surface area (Å²) in [7, 11) is 0. The van der Waals surface area contributed by atoms with Gasteiger partial charge in [-0.3, -0.25) is 0 Å². The van der Waals surface area contributed by atoms with Crippen LogP contribution in [0.25, 0.3) is 11.5 Å². The quantitative estimate of drug-likeness (QED) is 0.531. The van der Waals surface area contributed by atoms with E-state index in [0.717, 1.165) is 0 Å². The van der Waals surface area contributed by atoms with Crippen molar-refractivity contribution in [3.63, 3.8) is 0 Å². The first kappa shape index (κ1) is 16.2. The Morgan fingerprint density at radius 2 is 1.41 bits per heavy atom. The Labute approximate surface area is 124 Å². The molecule has 2 aromatic rings. The summed E-state index contributed by atoms with van der Waals surface area (Å²) in [6.07, 6.45) is 0. The van der Waals surface area contributed by atoms with Gasteiger partial charge in [0.05, 0.1) is 0 Å². The molecule has 2 aromatic carbocycles. The van der Waals surface area contributed by atoms with Gasteiger partial charge in [0.1, 0.15) is 0 Å². The van der Waals surface area contributed by atoms with Gasteiger partial charge in [0.15, 0.2) is 0 Å². The Balaban J connectivity index is 0.000000292. The molecule has 0 saturated heterocycles. The normalized spacial score (nSPS) is 8.59. The number of benzene rings is 2. The van der Waals surface area contributed by atoms with Gasteiger partial charge in [-0.05, 0) is 12.1 Å². The van der Waals surface area contributed by atoms with Gasteiger partial charge in [-0.25, -0.2) is 0 Å². The van der Waals surface area contributed by atoms with Crippen LogP contribution in [0.5, 0.6) is 0 Å². The van der Waals surface area contributed by atoms with Crippen molar-refractivity contribution in [1.29, 1.82) is 0 Å². The SMILES string of the molecule is [NH-]c1cc(Cl)ccc1Cl.[NH-]c1ccccc1.[Zn+2]. The molecule has 0 amide bonds. The van der Waals surface area contributed by atoms with E-state index in [1.807, 2.05) is 18.2 Å². The Morgan fingerprint density at radius 1 is 0.824 bits per heavy atom. The standard InChI is InChI=1S/C6H4Cl2N.C6H6N.Zn/c7-4-1-2-5(8)6(9)3-4;7-6-4-2-1-3-5-6;/h1-3,9H;1-5,7H;/q2*-1;+2. The molecular weight excluding hydrogens is 308 g/mol. The molecule has 2 rings (SSSR count). The molecule has 0 heterocycles. The van der Waals surface area contributed by atoms with Gasteiger partial charge in [0.25, 0.3) is 0 Å². The number of halogens is 2. The van der Waals surface area contributed by atoms with E-state index in [0.29, 0.717) is 15.7 Å². The molecule has 0 aliphatic rings. The van der Waals surface area contributed by atoms with E-state index in [4.69, 9.17) is 34.7 Å². The van der Waals surface area contributed by atoms with Crippen molar-refractivity contribution < 1.29 is 19.5 Å². The van der Waals surface area contributed by atoms with Crippen molar-refractivity contribution in [1.82, 2.24) is 0 Å². The first-order chi connectivity index (χ1) is 7.59. The van der Waals surface area contributed by atoms with Crippen LogP contribution in [0.3, 0.4) is 0 Å². The molecule has 5 heteroatoms. The van der Waals surface area contributed by atoms with E-state index in [-0.39, 0.29) is 25.2 Å². The van der Waals surface area contributed by atoms with Gasteiger partial charge in [0.2, 0.25) is 0 Å². The van der Waals surface area contributed by atoms with E-state index in [1.165, 1.54) is 6.07 Å². The summed E-state index contributed by atoms with van der Waals surface area (Å²) < 4.78 is 0. The first-order valence-electron chi connectivity index (χ1n) is 4.53. The Kier molecular flexibility index (Phi) is 7.98. The zero-order chi connectivity index (χ0) is 12.0. The second-order valence-corrected chi connectivity index (χ2v) is 3.83. The smallest absolute Gasteiger partial charge is 0.699 e. The monoisotopic (exact) mass is 316 g/mol. The molecule has 84 valence electrons. The van der Waals surface area contributed by atoms with Crippen molar-refractivity contribution in [2.24, 2.45) is 0 Å². The molecule has 0 saturated carbocycles. The van der Waals surface area contributed by atoms with Crippen LogP contribution in [-0.2, 0) is 19.5 Å². The van der Waals surface area contributed by atoms with Crippen molar-refractivity contribution in [2.45, 2.75) is 0 Å². The number of rotatable bonds is 0. The molecular formula is C12H10Cl2N2Zn. The van der Waals surface area contributed by atoms with Crippen LogP contribution in [0.1, 0.15) is 0 Å². The zero-order valence-electron chi connectivity index (χ0n) is 9.08. The maximum atomic E-state index is 7.14. The van der Waals surface area contributed by atoms with Crippen LogP contribution in [0.4, 0.5) is 11.4 Å². The molecule has 0 fully saturated rings. The summed E-state index contributed by atoms with van der Waals surface area (Å²) in [6, 6.07) is 13.9. The maximum Gasteiger partial charge on any atom is 2.00 e. The molecule has 0 radical (unpaired) electrons. The number of nitrogens with one attached hydrogen (secondary N) is 2. The van der Waals surface area contributed by atoms with Crippen LogP contribution >= 0.6 is 23.2 Å². The molecule has 0 aromatic heterocycles. The molecule has 0 unspecified atom stereocenters. The van der Waals surface area contributed by atoms with Crippen LogP contribution in [0.15, 0.2) is 48.5 Å². The molecule has 0 atom stereocenters. The van der Waals surface area contributed by atoms with Crippen molar-refractivity contribution >= 4 is 34.6 Å². The average molecular weight is 319 g/mol.